The van der Waals surface area contributed by atoms with E-state index in [4.69, 9.17) is 0 Å². The number of hydrogen-bond acceptors (Lipinski definition) is 4. The van der Waals surface area contributed by atoms with E-state index in [0.717, 1.165) is 24.5 Å². The van der Waals surface area contributed by atoms with Gasteiger partial charge >= 0.3 is 0 Å². The summed E-state index contributed by atoms with van der Waals surface area (Å²) in [4.78, 5) is 18.3. The summed E-state index contributed by atoms with van der Waals surface area (Å²) in [6.07, 6.45) is 2.77. The number of aromatic nitrogens is 1. The van der Waals surface area contributed by atoms with Crippen molar-refractivity contribution in [2.24, 2.45) is 5.92 Å². The van der Waals surface area contributed by atoms with Gasteiger partial charge in [0, 0.05) is 20.3 Å². The zero-order chi connectivity index (χ0) is 13.1. The Morgan fingerprint density at radius 1 is 1.56 bits per heavy atom. The van der Waals surface area contributed by atoms with Crippen molar-refractivity contribution in [3.8, 4) is 0 Å². The monoisotopic (exact) mass is 248 g/mol. The van der Waals surface area contributed by atoms with Crippen molar-refractivity contribution in [1.29, 1.82) is 0 Å². The number of carbonyl (C=O) groups is 1. The van der Waals surface area contributed by atoms with Gasteiger partial charge in [-0.05, 0) is 31.0 Å². The van der Waals surface area contributed by atoms with Crippen molar-refractivity contribution in [3.63, 3.8) is 0 Å². The Bertz CT molecular complexity index is 433. The Labute approximate surface area is 108 Å². The fraction of sp³-hybridized carbons (Fsp3) is 0.538. The Balaban J connectivity index is 2.11. The highest BCUT2D eigenvalue weighted by atomic mass is 16.2. The maximum atomic E-state index is 12.2. The Hall–Kier alpha value is -1.62. The third-order valence-electron chi connectivity index (χ3n) is 3.28. The normalized spacial score (nSPS) is 22.8. The summed E-state index contributed by atoms with van der Waals surface area (Å²) >= 11 is 0. The molecule has 5 heteroatoms. The molecule has 2 atom stereocenters. The Morgan fingerprint density at radius 2 is 2.33 bits per heavy atom. The van der Waals surface area contributed by atoms with Crippen molar-refractivity contribution in [2.75, 3.05) is 30.9 Å². The van der Waals surface area contributed by atoms with Crippen LogP contribution in [-0.2, 0) is 4.79 Å². The second kappa shape index (κ2) is 5.35. The van der Waals surface area contributed by atoms with Crippen LogP contribution in [-0.4, -0.2) is 37.6 Å². The number of anilines is 2. The molecule has 5 nitrogen and oxygen atoms in total. The van der Waals surface area contributed by atoms with E-state index in [9.17, 15) is 4.79 Å². The van der Waals surface area contributed by atoms with Crippen LogP contribution in [0.2, 0.25) is 0 Å². The summed E-state index contributed by atoms with van der Waals surface area (Å²) in [5.74, 6) is 1.18. The van der Waals surface area contributed by atoms with E-state index in [1.807, 2.05) is 31.1 Å². The summed E-state index contributed by atoms with van der Waals surface area (Å²) in [5.41, 5.74) is 0.758. The standard InChI is InChI=1S/C13H20N4O/c1-9-6-8-14-11(9)13(18)16-10-5-4-7-15-12(10)17(2)3/h4-5,7,9,11,14H,6,8H2,1-3H3,(H,16,18). The van der Waals surface area contributed by atoms with Gasteiger partial charge in [0.1, 0.15) is 0 Å². The number of carbonyl (C=O) groups excluding carboxylic acids is 1. The van der Waals surface area contributed by atoms with Crippen molar-refractivity contribution < 1.29 is 4.79 Å². The molecule has 1 amide bonds. The zero-order valence-corrected chi connectivity index (χ0v) is 11.1. The number of rotatable bonds is 3. The molecule has 0 spiro atoms. The lowest BCUT2D eigenvalue weighted by Gasteiger charge is -2.19. The minimum absolute atomic E-state index is 0.0242. The van der Waals surface area contributed by atoms with Gasteiger partial charge in [-0.15, -0.1) is 0 Å². The highest BCUT2D eigenvalue weighted by Crippen LogP contribution is 2.22. The first-order valence-corrected chi connectivity index (χ1v) is 6.26. The molecule has 1 fully saturated rings. The second-order valence-electron chi connectivity index (χ2n) is 4.96. The lowest BCUT2D eigenvalue weighted by Crippen LogP contribution is -2.39. The van der Waals surface area contributed by atoms with Gasteiger partial charge in [0.05, 0.1) is 11.7 Å². The molecule has 0 aromatic carbocycles. The van der Waals surface area contributed by atoms with Crippen LogP contribution in [0.3, 0.4) is 0 Å². The van der Waals surface area contributed by atoms with Crippen LogP contribution in [0.4, 0.5) is 11.5 Å². The van der Waals surface area contributed by atoms with Gasteiger partial charge < -0.3 is 15.5 Å². The summed E-state index contributed by atoms with van der Waals surface area (Å²) in [5, 5.41) is 6.19. The van der Waals surface area contributed by atoms with E-state index in [1.165, 1.54) is 0 Å². The molecule has 2 rings (SSSR count). The molecule has 0 aliphatic carbocycles. The number of nitrogens with zero attached hydrogens (tertiary/aromatic N) is 2. The number of pyridine rings is 1. The minimum atomic E-state index is -0.0970. The largest absolute Gasteiger partial charge is 0.361 e. The molecule has 18 heavy (non-hydrogen) atoms. The first kappa shape index (κ1) is 12.8. The van der Waals surface area contributed by atoms with Gasteiger partial charge in [-0.3, -0.25) is 4.79 Å². The first-order valence-electron chi connectivity index (χ1n) is 6.26. The van der Waals surface area contributed by atoms with Crippen LogP contribution >= 0.6 is 0 Å². The molecule has 2 N–H and O–H groups in total. The molecule has 2 heterocycles. The quantitative estimate of drug-likeness (QED) is 0.840. The van der Waals surface area contributed by atoms with Gasteiger partial charge in [0.2, 0.25) is 5.91 Å². The predicted octanol–water partition coefficient (Wildman–Crippen LogP) is 1.08. The first-order chi connectivity index (χ1) is 8.59. The van der Waals surface area contributed by atoms with Crippen LogP contribution in [0.15, 0.2) is 18.3 Å². The highest BCUT2D eigenvalue weighted by molar-refractivity contribution is 5.97. The van der Waals surface area contributed by atoms with E-state index in [-0.39, 0.29) is 11.9 Å². The molecular weight excluding hydrogens is 228 g/mol. The summed E-state index contributed by atoms with van der Waals surface area (Å²) in [6.45, 7) is 3.01. The number of hydrogen-bond donors (Lipinski definition) is 2. The molecule has 1 aromatic rings. The lowest BCUT2D eigenvalue weighted by atomic mass is 10.0. The molecule has 1 saturated heterocycles. The molecule has 1 aliphatic rings. The van der Waals surface area contributed by atoms with Gasteiger partial charge in [-0.25, -0.2) is 4.98 Å². The SMILES string of the molecule is CC1CCNC1C(=O)Nc1cccnc1N(C)C. The third-order valence-corrected chi connectivity index (χ3v) is 3.28. The second-order valence-corrected chi connectivity index (χ2v) is 4.96. The Morgan fingerprint density at radius 3 is 2.94 bits per heavy atom. The van der Waals surface area contributed by atoms with E-state index in [0.29, 0.717) is 5.92 Å². The van der Waals surface area contributed by atoms with Crippen LogP contribution in [0.5, 0.6) is 0 Å². The molecule has 0 saturated carbocycles. The zero-order valence-electron chi connectivity index (χ0n) is 11.1. The molecule has 1 aliphatic heterocycles. The van der Waals surface area contributed by atoms with Crippen LogP contribution < -0.4 is 15.5 Å². The number of nitrogens with one attached hydrogen (secondary N) is 2. The lowest BCUT2D eigenvalue weighted by molar-refractivity contribution is -0.118. The van der Waals surface area contributed by atoms with Crippen molar-refractivity contribution in [2.45, 2.75) is 19.4 Å². The molecular formula is C13H20N4O. The fourth-order valence-corrected chi connectivity index (χ4v) is 2.25. The van der Waals surface area contributed by atoms with Gasteiger partial charge in [-0.1, -0.05) is 6.92 Å². The maximum absolute atomic E-state index is 12.2. The van der Waals surface area contributed by atoms with Crippen LogP contribution in [0, 0.1) is 5.92 Å². The van der Waals surface area contributed by atoms with Crippen LogP contribution in [0.25, 0.3) is 0 Å². The molecule has 0 radical (unpaired) electrons. The summed E-state index contributed by atoms with van der Waals surface area (Å²) < 4.78 is 0. The number of amides is 1. The van der Waals surface area contributed by atoms with Crippen molar-refractivity contribution >= 4 is 17.4 Å². The average Bonchev–Trinajstić information content (AvgIpc) is 2.76. The maximum Gasteiger partial charge on any atom is 0.241 e. The average molecular weight is 248 g/mol. The van der Waals surface area contributed by atoms with E-state index in [1.54, 1.807) is 6.20 Å². The minimum Gasteiger partial charge on any atom is -0.361 e. The molecule has 2 unspecified atom stereocenters. The van der Waals surface area contributed by atoms with Gasteiger partial charge in [-0.2, -0.15) is 0 Å². The smallest absolute Gasteiger partial charge is 0.241 e. The molecule has 98 valence electrons. The highest BCUT2D eigenvalue weighted by Gasteiger charge is 2.29. The Kier molecular flexibility index (Phi) is 3.81. The summed E-state index contributed by atoms with van der Waals surface area (Å²) in [7, 11) is 3.82. The van der Waals surface area contributed by atoms with E-state index in [2.05, 4.69) is 22.5 Å². The van der Waals surface area contributed by atoms with E-state index < -0.39 is 0 Å². The molecule has 0 bridgehead atoms. The van der Waals surface area contributed by atoms with Gasteiger partial charge in [0.25, 0.3) is 0 Å². The van der Waals surface area contributed by atoms with Gasteiger partial charge in [0.15, 0.2) is 5.82 Å². The van der Waals surface area contributed by atoms with Crippen molar-refractivity contribution in [3.05, 3.63) is 18.3 Å². The fourth-order valence-electron chi connectivity index (χ4n) is 2.25. The topological polar surface area (TPSA) is 57.3 Å². The predicted molar refractivity (Wildman–Crippen MR) is 72.8 cm³/mol. The van der Waals surface area contributed by atoms with E-state index >= 15 is 0 Å². The van der Waals surface area contributed by atoms with Crippen molar-refractivity contribution in [1.82, 2.24) is 10.3 Å². The van der Waals surface area contributed by atoms with Crippen LogP contribution in [0.1, 0.15) is 13.3 Å². The summed E-state index contributed by atoms with van der Waals surface area (Å²) in [6, 6.07) is 3.61. The third kappa shape index (κ3) is 2.61. The molecule has 1 aromatic heterocycles.